The predicted octanol–water partition coefficient (Wildman–Crippen LogP) is 3.27. The third-order valence-electron chi connectivity index (χ3n) is 4.24. The Morgan fingerprint density at radius 2 is 2.00 bits per heavy atom. The molecular formula is C18H21NO5S. The molecule has 1 aromatic rings. The van der Waals surface area contributed by atoms with Crippen molar-refractivity contribution in [2.45, 2.75) is 38.0 Å². The zero-order chi connectivity index (χ0) is 18.1. The van der Waals surface area contributed by atoms with Crippen LogP contribution in [0.5, 0.6) is 5.75 Å². The molecule has 0 N–H and O–H groups in total. The highest BCUT2D eigenvalue weighted by atomic mass is 32.2. The molecule has 7 heteroatoms. The summed E-state index contributed by atoms with van der Waals surface area (Å²) in [4.78, 5) is 24.9. The summed E-state index contributed by atoms with van der Waals surface area (Å²) in [6.07, 6.45) is 2.82. The maximum atomic E-state index is 11.8. The first kappa shape index (κ1) is 18.0. The number of thioether (sulfide) groups is 1. The van der Waals surface area contributed by atoms with Crippen molar-refractivity contribution in [3.05, 3.63) is 41.0 Å². The van der Waals surface area contributed by atoms with Gasteiger partial charge in [-0.15, -0.1) is 0 Å². The Balaban J connectivity index is 1.90. The summed E-state index contributed by atoms with van der Waals surface area (Å²) in [5.41, 5.74) is 3.07. The van der Waals surface area contributed by atoms with Gasteiger partial charge in [0.1, 0.15) is 11.0 Å². The number of imide groups is 1. The van der Waals surface area contributed by atoms with Crippen molar-refractivity contribution in [3.8, 4) is 5.75 Å². The third kappa shape index (κ3) is 3.31. The number of methoxy groups -OCH3 is 2. The Labute approximate surface area is 151 Å². The van der Waals surface area contributed by atoms with Crippen LogP contribution in [0.15, 0.2) is 29.8 Å². The molecule has 2 bridgehead atoms. The molecule has 1 aromatic carbocycles. The minimum Gasteiger partial charge on any atom is -0.441 e. The Hall–Kier alpha value is -1.83. The lowest BCUT2D eigenvalue weighted by Crippen LogP contribution is -2.50. The van der Waals surface area contributed by atoms with E-state index in [1.165, 1.54) is 24.7 Å². The topological polar surface area (TPSA) is 65.1 Å². The van der Waals surface area contributed by atoms with E-state index in [0.29, 0.717) is 12.2 Å². The van der Waals surface area contributed by atoms with Crippen LogP contribution in [-0.4, -0.2) is 42.0 Å². The van der Waals surface area contributed by atoms with Crippen LogP contribution in [-0.2, 0) is 20.7 Å². The van der Waals surface area contributed by atoms with Gasteiger partial charge in [0.15, 0.2) is 0 Å². The molecule has 3 heterocycles. The van der Waals surface area contributed by atoms with Crippen LogP contribution in [0.25, 0.3) is 0 Å². The van der Waals surface area contributed by atoms with Crippen LogP contribution >= 0.6 is 11.8 Å². The first-order valence-electron chi connectivity index (χ1n) is 7.98. The summed E-state index contributed by atoms with van der Waals surface area (Å²) in [5, 5.41) is -0.493. The van der Waals surface area contributed by atoms with Gasteiger partial charge in [0, 0.05) is 14.2 Å². The second-order valence-corrected chi connectivity index (χ2v) is 7.28. The lowest BCUT2D eigenvalue weighted by Gasteiger charge is -2.35. The van der Waals surface area contributed by atoms with Crippen molar-refractivity contribution in [2.75, 3.05) is 14.2 Å². The quantitative estimate of drug-likeness (QED) is 0.421. The highest BCUT2D eigenvalue weighted by molar-refractivity contribution is 8.15. The minimum atomic E-state index is -0.822. The molecule has 0 spiro atoms. The van der Waals surface area contributed by atoms with Crippen LogP contribution < -0.4 is 4.74 Å². The lowest BCUT2D eigenvalue weighted by molar-refractivity contribution is -0.219. The lowest BCUT2D eigenvalue weighted by atomic mass is 9.92. The van der Waals surface area contributed by atoms with Gasteiger partial charge in [-0.25, -0.2) is 0 Å². The highest BCUT2D eigenvalue weighted by Gasteiger charge is 2.60. The number of fused-ring (bicyclic) bond motifs is 1. The van der Waals surface area contributed by atoms with Gasteiger partial charge in [0.2, 0.25) is 5.91 Å². The number of benzene rings is 1. The van der Waals surface area contributed by atoms with E-state index in [2.05, 4.69) is 6.08 Å². The van der Waals surface area contributed by atoms with Crippen molar-refractivity contribution in [1.29, 1.82) is 0 Å². The van der Waals surface area contributed by atoms with Crippen molar-refractivity contribution in [1.82, 2.24) is 4.90 Å². The Morgan fingerprint density at radius 1 is 1.28 bits per heavy atom. The third-order valence-corrected chi connectivity index (χ3v) is 5.35. The number of β-lactam (4-membered cyclic amide) rings is 1. The largest absolute Gasteiger partial charge is 0.441 e. The molecule has 2 unspecified atom stereocenters. The van der Waals surface area contributed by atoms with E-state index in [1.54, 1.807) is 0 Å². The molecule has 3 aliphatic heterocycles. The number of rotatable bonds is 7. The van der Waals surface area contributed by atoms with E-state index in [9.17, 15) is 9.59 Å². The van der Waals surface area contributed by atoms with Gasteiger partial charge in [-0.1, -0.05) is 23.8 Å². The number of ether oxygens (including phenoxy) is 3. The maximum Gasteiger partial charge on any atom is 0.315 e. The Bertz CT molecular complexity index is 716. The number of carbonyl (C=O) groups excluding carboxylic acids is 2. The molecule has 3 fully saturated rings. The zero-order valence-corrected chi connectivity index (χ0v) is 15.5. The standard InChI is InChI=1S/C18H21NO5S/c1-10(2)5-6-11-7-8-12(9-13(11)24-18(22-3)23-4)14-15-16(20)19(14)17(21)25-15/h5,7-9,14-15,18H,6H2,1-4H3. The second-order valence-electron chi connectivity index (χ2n) is 6.19. The number of nitrogens with zero attached hydrogens (tertiary/aromatic N) is 1. The van der Waals surface area contributed by atoms with Gasteiger partial charge in [-0.05, 0) is 49.2 Å². The van der Waals surface area contributed by atoms with Crippen molar-refractivity contribution in [3.63, 3.8) is 0 Å². The number of carbonyl (C=O) groups is 2. The molecular weight excluding hydrogens is 342 g/mol. The molecule has 2 amide bonds. The summed E-state index contributed by atoms with van der Waals surface area (Å²) in [5.74, 6) is 0.517. The Morgan fingerprint density at radius 3 is 2.52 bits per heavy atom. The fraction of sp³-hybridized carbons (Fsp3) is 0.444. The molecule has 0 aromatic heterocycles. The van der Waals surface area contributed by atoms with Crippen LogP contribution in [0.3, 0.4) is 0 Å². The molecule has 0 radical (unpaired) electrons. The minimum absolute atomic E-state index is 0.109. The number of hydrogen-bond acceptors (Lipinski definition) is 6. The molecule has 25 heavy (non-hydrogen) atoms. The molecule has 6 nitrogen and oxygen atoms in total. The number of amides is 2. The van der Waals surface area contributed by atoms with Crippen molar-refractivity contribution in [2.24, 2.45) is 0 Å². The molecule has 2 atom stereocenters. The van der Waals surface area contributed by atoms with E-state index in [4.69, 9.17) is 14.2 Å². The van der Waals surface area contributed by atoms with Crippen molar-refractivity contribution >= 4 is 22.9 Å². The summed E-state index contributed by atoms with van der Waals surface area (Å²) >= 11 is 1.09. The van der Waals surface area contributed by atoms with E-state index >= 15 is 0 Å². The molecule has 0 saturated carbocycles. The molecule has 3 aliphatic rings. The average molecular weight is 363 g/mol. The second kappa shape index (κ2) is 7.19. The van der Waals surface area contributed by atoms with Crippen LogP contribution in [0.2, 0.25) is 0 Å². The normalized spacial score (nSPS) is 21.6. The van der Waals surface area contributed by atoms with E-state index in [-0.39, 0.29) is 22.4 Å². The predicted molar refractivity (Wildman–Crippen MR) is 94.4 cm³/mol. The maximum absolute atomic E-state index is 11.8. The van der Waals surface area contributed by atoms with E-state index < -0.39 is 6.48 Å². The van der Waals surface area contributed by atoms with Crippen LogP contribution in [0.1, 0.15) is 31.0 Å². The van der Waals surface area contributed by atoms with E-state index in [0.717, 1.165) is 22.9 Å². The van der Waals surface area contributed by atoms with Gasteiger partial charge >= 0.3 is 6.48 Å². The van der Waals surface area contributed by atoms with Gasteiger partial charge in [-0.3, -0.25) is 14.5 Å². The summed E-state index contributed by atoms with van der Waals surface area (Å²) in [6, 6.07) is 5.57. The van der Waals surface area contributed by atoms with Gasteiger partial charge < -0.3 is 14.2 Å². The number of hydrogen-bond donors (Lipinski definition) is 0. The zero-order valence-electron chi connectivity index (χ0n) is 14.6. The average Bonchev–Trinajstić information content (AvgIpc) is 3.10. The van der Waals surface area contributed by atoms with Gasteiger partial charge in [0.05, 0.1) is 6.04 Å². The molecule has 4 rings (SSSR count). The number of allylic oxidation sites excluding steroid dienone is 2. The van der Waals surface area contributed by atoms with Crippen molar-refractivity contribution < 1.29 is 23.8 Å². The summed E-state index contributed by atoms with van der Waals surface area (Å²) in [6.45, 7) is 3.25. The smallest absolute Gasteiger partial charge is 0.315 e. The SMILES string of the molecule is COC(OC)Oc1cc(C2C3SC(=O)N2C3=O)ccc1CC=C(C)C. The van der Waals surface area contributed by atoms with Crippen LogP contribution in [0.4, 0.5) is 4.79 Å². The summed E-state index contributed by atoms with van der Waals surface area (Å²) < 4.78 is 16.1. The molecule has 134 valence electrons. The monoisotopic (exact) mass is 363 g/mol. The van der Waals surface area contributed by atoms with Gasteiger partial charge in [0.25, 0.3) is 5.24 Å². The van der Waals surface area contributed by atoms with E-state index in [1.807, 2.05) is 32.0 Å². The Kier molecular flexibility index (Phi) is 5.17. The fourth-order valence-electron chi connectivity index (χ4n) is 2.91. The van der Waals surface area contributed by atoms with Crippen LogP contribution in [0, 0.1) is 0 Å². The first-order valence-corrected chi connectivity index (χ1v) is 8.86. The first-order chi connectivity index (χ1) is 12.0. The molecule has 0 aliphatic carbocycles. The fourth-order valence-corrected chi connectivity index (χ4v) is 4.07. The highest BCUT2D eigenvalue weighted by Crippen LogP contribution is 2.52. The summed E-state index contributed by atoms with van der Waals surface area (Å²) in [7, 11) is 3.00. The van der Waals surface area contributed by atoms with Gasteiger partial charge in [-0.2, -0.15) is 0 Å². The molecule has 3 saturated heterocycles.